The summed E-state index contributed by atoms with van der Waals surface area (Å²) in [5, 5.41) is 9.41. The summed E-state index contributed by atoms with van der Waals surface area (Å²) in [7, 11) is 2.01. The van der Waals surface area contributed by atoms with Gasteiger partial charge in [0.2, 0.25) is 0 Å². The summed E-state index contributed by atoms with van der Waals surface area (Å²) in [6, 6.07) is 5.87. The molecule has 2 rings (SSSR count). The van der Waals surface area contributed by atoms with E-state index in [9.17, 15) is 4.79 Å². The third-order valence-corrected chi connectivity index (χ3v) is 3.75. The van der Waals surface area contributed by atoms with Crippen LogP contribution in [0.3, 0.4) is 0 Å². The number of halogens is 1. The van der Waals surface area contributed by atoms with Crippen LogP contribution in [-0.2, 0) is 9.53 Å². The number of benzene rings is 1. The molecular formula is C15H18ClNO3. The molecule has 0 bridgehead atoms. The molecule has 1 aliphatic rings. The van der Waals surface area contributed by atoms with E-state index in [1.54, 1.807) is 12.1 Å². The highest BCUT2D eigenvalue weighted by Gasteiger charge is 2.20. The molecule has 0 atom stereocenters. The van der Waals surface area contributed by atoms with E-state index in [2.05, 4.69) is 4.90 Å². The van der Waals surface area contributed by atoms with Crippen molar-refractivity contribution in [2.45, 2.75) is 18.9 Å². The van der Waals surface area contributed by atoms with E-state index in [1.165, 1.54) is 0 Å². The lowest BCUT2D eigenvalue weighted by molar-refractivity contribution is -0.131. The topological polar surface area (TPSA) is 49.8 Å². The van der Waals surface area contributed by atoms with Gasteiger partial charge in [0.05, 0.1) is 0 Å². The van der Waals surface area contributed by atoms with Gasteiger partial charge in [-0.2, -0.15) is 0 Å². The molecule has 0 aliphatic carbocycles. The number of carbonyl (C=O) groups is 1. The second-order valence-electron chi connectivity index (χ2n) is 4.83. The minimum absolute atomic E-state index is 0.388. The van der Waals surface area contributed by atoms with Crippen molar-refractivity contribution in [2.75, 3.05) is 25.2 Å². The predicted molar refractivity (Wildman–Crippen MR) is 80.4 cm³/mol. The molecule has 1 heterocycles. The molecule has 0 unspecified atom stereocenters. The number of nitrogens with zero attached hydrogens (tertiary/aromatic N) is 1. The minimum Gasteiger partial charge on any atom is -0.478 e. The molecule has 0 saturated carbocycles. The van der Waals surface area contributed by atoms with E-state index < -0.39 is 5.97 Å². The Hall–Kier alpha value is -1.52. The molecule has 1 aliphatic heterocycles. The Morgan fingerprint density at radius 1 is 1.45 bits per heavy atom. The number of carboxylic acids is 1. The molecule has 0 spiro atoms. The van der Waals surface area contributed by atoms with E-state index in [-0.39, 0.29) is 0 Å². The van der Waals surface area contributed by atoms with E-state index in [0.29, 0.717) is 11.1 Å². The van der Waals surface area contributed by atoms with Crippen molar-refractivity contribution in [3.05, 3.63) is 34.9 Å². The van der Waals surface area contributed by atoms with Crippen LogP contribution in [0.4, 0.5) is 5.69 Å². The summed E-state index contributed by atoms with van der Waals surface area (Å²) in [4.78, 5) is 12.8. The molecule has 108 valence electrons. The second kappa shape index (κ2) is 6.77. The summed E-state index contributed by atoms with van der Waals surface area (Å²) >= 11 is 6.07. The SMILES string of the molecule is CN(c1cc(Cl)ccc1/C=C/C(=O)O)C1CCOCC1. The van der Waals surface area contributed by atoms with Gasteiger partial charge in [-0.3, -0.25) is 0 Å². The third-order valence-electron chi connectivity index (χ3n) is 3.52. The zero-order valence-corrected chi connectivity index (χ0v) is 12.1. The van der Waals surface area contributed by atoms with Crippen molar-refractivity contribution in [1.82, 2.24) is 0 Å². The Balaban J connectivity index is 2.27. The molecule has 0 aromatic heterocycles. The highest BCUT2D eigenvalue weighted by atomic mass is 35.5. The standard InChI is InChI=1S/C15H18ClNO3/c1-17(13-6-8-20-9-7-13)14-10-12(16)4-2-11(14)3-5-15(18)19/h2-5,10,13H,6-9H2,1H3,(H,18,19)/b5-3+. The fraction of sp³-hybridized carbons (Fsp3) is 0.400. The smallest absolute Gasteiger partial charge is 0.328 e. The van der Waals surface area contributed by atoms with Crippen LogP contribution in [0, 0.1) is 0 Å². The molecule has 1 N–H and O–H groups in total. The van der Waals surface area contributed by atoms with Crippen molar-refractivity contribution in [1.29, 1.82) is 0 Å². The first kappa shape index (κ1) is 14.9. The molecule has 1 aromatic carbocycles. The quantitative estimate of drug-likeness (QED) is 0.868. The van der Waals surface area contributed by atoms with E-state index in [4.69, 9.17) is 21.4 Å². The number of carboxylic acid groups (broad SMARTS) is 1. The van der Waals surface area contributed by atoms with Crippen molar-refractivity contribution in [2.24, 2.45) is 0 Å². The maximum absolute atomic E-state index is 10.7. The van der Waals surface area contributed by atoms with Crippen LogP contribution in [0.5, 0.6) is 0 Å². The van der Waals surface area contributed by atoms with Gasteiger partial charge in [0, 0.05) is 43.1 Å². The van der Waals surface area contributed by atoms with Crippen LogP contribution >= 0.6 is 11.6 Å². The molecular weight excluding hydrogens is 278 g/mol. The van der Waals surface area contributed by atoms with Crippen LogP contribution in [-0.4, -0.2) is 37.4 Å². The van der Waals surface area contributed by atoms with Gasteiger partial charge in [-0.25, -0.2) is 4.79 Å². The normalized spacial score (nSPS) is 16.5. The first-order valence-electron chi connectivity index (χ1n) is 6.59. The second-order valence-corrected chi connectivity index (χ2v) is 5.27. The van der Waals surface area contributed by atoms with Gasteiger partial charge in [0.15, 0.2) is 0 Å². The Morgan fingerprint density at radius 3 is 2.80 bits per heavy atom. The largest absolute Gasteiger partial charge is 0.478 e. The first-order valence-corrected chi connectivity index (χ1v) is 6.97. The number of ether oxygens (including phenoxy) is 1. The lowest BCUT2D eigenvalue weighted by Gasteiger charge is -2.34. The van der Waals surface area contributed by atoms with Crippen molar-refractivity contribution >= 4 is 29.3 Å². The Bertz CT molecular complexity index is 510. The zero-order chi connectivity index (χ0) is 14.5. The van der Waals surface area contributed by atoms with Crippen LogP contribution in [0.15, 0.2) is 24.3 Å². The maximum Gasteiger partial charge on any atom is 0.328 e. The van der Waals surface area contributed by atoms with E-state index >= 15 is 0 Å². The van der Waals surface area contributed by atoms with E-state index in [0.717, 1.165) is 43.4 Å². The van der Waals surface area contributed by atoms with Crippen molar-refractivity contribution < 1.29 is 14.6 Å². The van der Waals surface area contributed by atoms with Gasteiger partial charge in [-0.1, -0.05) is 17.7 Å². The summed E-state index contributed by atoms with van der Waals surface area (Å²) in [5.41, 5.74) is 1.80. The fourth-order valence-electron chi connectivity index (χ4n) is 2.39. The maximum atomic E-state index is 10.7. The molecule has 0 amide bonds. The summed E-state index contributed by atoms with van der Waals surface area (Å²) in [5.74, 6) is -0.959. The van der Waals surface area contributed by atoms with Crippen LogP contribution in [0.25, 0.3) is 6.08 Å². The molecule has 1 saturated heterocycles. The Kier molecular flexibility index (Phi) is 5.04. The van der Waals surface area contributed by atoms with Gasteiger partial charge in [0.25, 0.3) is 0 Å². The molecule has 1 fully saturated rings. The van der Waals surface area contributed by atoms with Gasteiger partial charge in [0.1, 0.15) is 0 Å². The van der Waals surface area contributed by atoms with Gasteiger partial charge in [-0.15, -0.1) is 0 Å². The molecule has 5 heteroatoms. The van der Waals surface area contributed by atoms with Crippen LogP contribution in [0.2, 0.25) is 5.02 Å². The van der Waals surface area contributed by atoms with Gasteiger partial charge >= 0.3 is 5.97 Å². The number of rotatable bonds is 4. The summed E-state index contributed by atoms with van der Waals surface area (Å²) in [6.45, 7) is 1.52. The zero-order valence-electron chi connectivity index (χ0n) is 11.4. The number of aliphatic carboxylic acids is 1. The average Bonchev–Trinajstić information content (AvgIpc) is 2.46. The highest BCUT2D eigenvalue weighted by Crippen LogP contribution is 2.29. The Labute approximate surface area is 123 Å². The lowest BCUT2D eigenvalue weighted by atomic mass is 10.0. The van der Waals surface area contributed by atoms with Gasteiger partial charge in [-0.05, 0) is 36.6 Å². The summed E-state index contributed by atoms with van der Waals surface area (Å²) < 4.78 is 5.37. The summed E-state index contributed by atoms with van der Waals surface area (Å²) in [6.07, 6.45) is 4.67. The fourth-order valence-corrected chi connectivity index (χ4v) is 2.56. The lowest BCUT2D eigenvalue weighted by Crippen LogP contribution is -2.37. The minimum atomic E-state index is -0.959. The van der Waals surface area contributed by atoms with Crippen molar-refractivity contribution in [3.8, 4) is 0 Å². The number of hydrogen-bond acceptors (Lipinski definition) is 3. The molecule has 1 aromatic rings. The molecule has 20 heavy (non-hydrogen) atoms. The van der Waals surface area contributed by atoms with Gasteiger partial charge < -0.3 is 14.7 Å². The van der Waals surface area contributed by atoms with E-state index in [1.807, 2.05) is 19.2 Å². The number of anilines is 1. The Morgan fingerprint density at radius 2 is 2.15 bits per heavy atom. The highest BCUT2D eigenvalue weighted by molar-refractivity contribution is 6.31. The first-order chi connectivity index (χ1) is 9.58. The monoisotopic (exact) mass is 295 g/mol. The van der Waals surface area contributed by atoms with Crippen LogP contribution in [0.1, 0.15) is 18.4 Å². The third kappa shape index (κ3) is 3.74. The van der Waals surface area contributed by atoms with Crippen molar-refractivity contribution in [3.63, 3.8) is 0 Å². The van der Waals surface area contributed by atoms with Crippen LogP contribution < -0.4 is 4.90 Å². The average molecular weight is 296 g/mol. The molecule has 0 radical (unpaired) electrons. The predicted octanol–water partition coefficient (Wildman–Crippen LogP) is 3.05. The molecule has 4 nitrogen and oxygen atoms in total. The number of hydrogen-bond donors (Lipinski definition) is 1.